The lowest BCUT2D eigenvalue weighted by Gasteiger charge is -2.25. The maximum Gasteiger partial charge on any atom is 0.421 e. The largest absolute Gasteiger partial charge is 0.421 e. The lowest BCUT2D eigenvalue weighted by atomic mass is 9.83. The van der Waals surface area contributed by atoms with Gasteiger partial charge in [-0.05, 0) is 38.0 Å². The summed E-state index contributed by atoms with van der Waals surface area (Å²) in [5, 5.41) is 7.33. The molecule has 4 rings (SSSR count). The molecule has 2 fully saturated rings. The highest BCUT2D eigenvalue weighted by Gasteiger charge is 2.42. The van der Waals surface area contributed by atoms with Crippen LogP contribution >= 0.6 is 0 Å². The van der Waals surface area contributed by atoms with E-state index in [-0.39, 0.29) is 23.1 Å². The van der Waals surface area contributed by atoms with E-state index in [1.54, 1.807) is 0 Å². The van der Waals surface area contributed by atoms with Crippen molar-refractivity contribution in [3.05, 3.63) is 23.5 Å². The molecule has 0 amide bonds. The number of rotatable bonds is 4. The van der Waals surface area contributed by atoms with E-state index in [9.17, 15) is 13.2 Å². The Morgan fingerprint density at radius 3 is 2.50 bits per heavy atom. The fourth-order valence-electron chi connectivity index (χ4n) is 3.97. The fourth-order valence-corrected chi connectivity index (χ4v) is 3.97. The van der Waals surface area contributed by atoms with E-state index >= 15 is 0 Å². The predicted octanol–water partition coefficient (Wildman–Crippen LogP) is 3.73. The second-order valence-electron chi connectivity index (χ2n) is 8.23. The molecular formula is C18H24F3N5. The minimum atomic E-state index is -4.48. The molecule has 0 spiro atoms. The third-order valence-corrected chi connectivity index (χ3v) is 5.86. The number of alkyl halides is 3. The van der Waals surface area contributed by atoms with E-state index in [1.807, 2.05) is 6.07 Å². The molecule has 26 heavy (non-hydrogen) atoms. The highest BCUT2D eigenvalue weighted by molar-refractivity contribution is 5.56. The quantitative estimate of drug-likeness (QED) is 0.864. The van der Waals surface area contributed by atoms with E-state index in [0.717, 1.165) is 38.3 Å². The van der Waals surface area contributed by atoms with Crippen molar-refractivity contribution in [3.63, 3.8) is 0 Å². The SMILES string of the molecule is CC(C)(c1cc(N[C@H]2CC[C@H](N)C2)n2ncc(C(F)(F)F)c2n1)C1CC1. The molecule has 2 aliphatic rings. The van der Waals surface area contributed by atoms with Gasteiger partial charge in [-0.3, -0.25) is 0 Å². The van der Waals surface area contributed by atoms with Crippen LogP contribution in [0, 0.1) is 5.92 Å². The zero-order valence-corrected chi connectivity index (χ0v) is 15.0. The predicted molar refractivity (Wildman–Crippen MR) is 93.0 cm³/mol. The lowest BCUT2D eigenvalue weighted by molar-refractivity contribution is -0.136. The summed E-state index contributed by atoms with van der Waals surface area (Å²) in [6.07, 6.45) is 1.18. The summed E-state index contributed by atoms with van der Waals surface area (Å²) in [7, 11) is 0. The van der Waals surface area contributed by atoms with Gasteiger partial charge in [0.05, 0.1) is 11.9 Å². The van der Waals surface area contributed by atoms with Crippen LogP contribution in [0.5, 0.6) is 0 Å². The minimum absolute atomic E-state index is 0.131. The van der Waals surface area contributed by atoms with E-state index < -0.39 is 11.7 Å². The van der Waals surface area contributed by atoms with Gasteiger partial charge in [-0.2, -0.15) is 22.8 Å². The summed E-state index contributed by atoms with van der Waals surface area (Å²) in [4.78, 5) is 4.40. The molecule has 2 saturated carbocycles. The first-order chi connectivity index (χ1) is 12.2. The molecule has 0 bridgehead atoms. The molecule has 2 aliphatic carbocycles. The third kappa shape index (κ3) is 3.04. The van der Waals surface area contributed by atoms with E-state index in [2.05, 4.69) is 29.2 Å². The normalized spacial score (nSPS) is 24.4. The number of hydrogen-bond donors (Lipinski definition) is 2. The average molecular weight is 367 g/mol. The molecule has 2 heterocycles. The molecule has 2 atom stereocenters. The summed E-state index contributed by atoms with van der Waals surface area (Å²) < 4.78 is 41.5. The Hall–Kier alpha value is -1.83. The smallest absolute Gasteiger partial charge is 0.367 e. The highest BCUT2D eigenvalue weighted by Crippen LogP contribution is 2.47. The Labute approximate surface area is 150 Å². The molecule has 2 aromatic rings. The van der Waals surface area contributed by atoms with Crippen molar-refractivity contribution in [3.8, 4) is 0 Å². The van der Waals surface area contributed by atoms with Crippen LogP contribution in [0.2, 0.25) is 0 Å². The van der Waals surface area contributed by atoms with Gasteiger partial charge in [0, 0.05) is 23.6 Å². The first kappa shape index (κ1) is 17.6. The van der Waals surface area contributed by atoms with Gasteiger partial charge in [0.1, 0.15) is 11.4 Å². The highest BCUT2D eigenvalue weighted by atomic mass is 19.4. The second-order valence-corrected chi connectivity index (χ2v) is 8.23. The number of halogens is 3. The van der Waals surface area contributed by atoms with Gasteiger partial charge in [-0.25, -0.2) is 4.98 Å². The molecule has 0 aliphatic heterocycles. The number of aromatic nitrogens is 3. The molecular weight excluding hydrogens is 343 g/mol. The van der Waals surface area contributed by atoms with Gasteiger partial charge in [0.25, 0.3) is 0 Å². The van der Waals surface area contributed by atoms with E-state index in [4.69, 9.17) is 5.73 Å². The Kier molecular flexibility index (Phi) is 3.95. The number of hydrogen-bond acceptors (Lipinski definition) is 4. The van der Waals surface area contributed by atoms with Crippen LogP contribution in [-0.4, -0.2) is 26.7 Å². The summed E-state index contributed by atoms with van der Waals surface area (Å²) in [5.74, 6) is 1.02. The molecule has 5 nitrogen and oxygen atoms in total. The monoisotopic (exact) mass is 367 g/mol. The summed E-state index contributed by atoms with van der Waals surface area (Å²) in [6.45, 7) is 4.12. The van der Waals surface area contributed by atoms with Crippen LogP contribution in [0.15, 0.2) is 12.3 Å². The van der Waals surface area contributed by atoms with Gasteiger partial charge in [-0.1, -0.05) is 13.8 Å². The molecule has 2 aromatic heterocycles. The summed E-state index contributed by atoms with van der Waals surface area (Å²) in [5.41, 5.74) is 5.47. The second kappa shape index (κ2) is 5.84. The maximum absolute atomic E-state index is 13.4. The van der Waals surface area contributed by atoms with Crippen LogP contribution in [0.4, 0.5) is 19.0 Å². The average Bonchev–Trinajstić information content (AvgIpc) is 3.19. The topological polar surface area (TPSA) is 68.2 Å². The number of anilines is 1. The Balaban J connectivity index is 1.81. The first-order valence-electron chi connectivity index (χ1n) is 9.15. The summed E-state index contributed by atoms with van der Waals surface area (Å²) >= 11 is 0. The Morgan fingerprint density at radius 2 is 1.92 bits per heavy atom. The van der Waals surface area contributed by atoms with Crippen molar-refractivity contribution >= 4 is 11.5 Å². The van der Waals surface area contributed by atoms with E-state index in [1.165, 1.54) is 4.52 Å². The van der Waals surface area contributed by atoms with Crippen LogP contribution in [0.3, 0.4) is 0 Å². The van der Waals surface area contributed by atoms with Crippen molar-refractivity contribution in [1.82, 2.24) is 14.6 Å². The summed E-state index contributed by atoms with van der Waals surface area (Å²) in [6, 6.07) is 2.14. The van der Waals surface area contributed by atoms with Crippen LogP contribution < -0.4 is 11.1 Å². The Bertz CT molecular complexity index is 822. The van der Waals surface area contributed by atoms with E-state index in [0.29, 0.717) is 17.4 Å². The Morgan fingerprint density at radius 1 is 1.19 bits per heavy atom. The van der Waals surface area contributed by atoms with Crippen molar-refractivity contribution in [2.24, 2.45) is 11.7 Å². The third-order valence-electron chi connectivity index (χ3n) is 5.86. The lowest BCUT2D eigenvalue weighted by Crippen LogP contribution is -2.25. The molecule has 0 unspecified atom stereocenters. The maximum atomic E-state index is 13.4. The van der Waals surface area contributed by atoms with Crippen molar-refractivity contribution in [2.45, 2.75) is 69.6 Å². The van der Waals surface area contributed by atoms with Crippen LogP contribution in [-0.2, 0) is 11.6 Å². The van der Waals surface area contributed by atoms with Crippen molar-refractivity contribution in [2.75, 3.05) is 5.32 Å². The molecule has 0 saturated heterocycles. The van der Waals surface area contributed by atoms with Gasteiger partial charge in [0.2, 0.25) is 0 Å². The zero-order chi connectivity index (χ0) is 18.7. The molecule has 142 valence electrons. The molecule has 3 N–H and O–H groups in total. The van der Waals surface area contributed by atoms with Crippen LogP contribution in [0.25, 0.3) is 5.65 Å². The number of nitrogens with one attached hydrogen (secondary N) is 1. The zero-order valence-electron chi connectivity index (χ0n) is 15.0. The molecule has 0 aromatic carbocycles. The number of nitrogens with two attached hydrogens (primary N) is 1. The van der Waals surface area contributed by atoms with Crippen molar-refractivity contribution < 1.29 is 13.2 Å². The van der Waals surface area contributed by atoms with Gasteiger partial charge < -0.3 is 11.1 Å². The van der Waals surface area contributed by atoms with Crippen molar-refractivity contribution in [1.29, 1.82) is 0 Å². The standard InChI is InChI=1S/C18H24F3N5/c1-17(2,10-3-4-10)14-8-15(24-12-6-5-11(22)7-12)26-16(25-14)13(9-23-26)18(19,20)21/h8-12,24H,3-7,22H2,1-2H3/t11-,12-/m0/s1. The number of nitrogens with zero attached hydrogens (tertiary/aromatic N) is 3. The van der Waals surface area contributed by atoms with Gasteiger partial charge >= 0.3 is 6.18 Å². The number of fused-ring (bicyclic) bond motifs is 1. The molecule has 0 radical (unpaired) electrons. The molecule has 8 heteroatoms. The van der Waals surface area contributed by atoms with Gasteiger partial charge in [-0.15, -0.1) is 0 Å². The first-order valence-corrected chi connectivity index (χ1v) is 9.15. The van der Waals surface area contributed by atoms with Crippen LogP contribution in [0.1, 0.15) is 57.2 Å². The minimum Gasteiger partial charge on any atom is -0.367 e. The van der Waals surface area contributed by atoms with Gasteiger partial charge in [0.15, 0.2) is 5.65 Å². The fraction of sp³-hybridized carbons (Fsp3) is 0.667.